The SMILES string of the molecule is COc1ccccc1CCNC(=O)Cn1nc(-c2ccco2)oc1=O. The number of ether oxygens (including phenoxy) is 1. The van der Waals surface area contributed by atoms with Crippen LogP contribution in [0.2, 0.25) is 0 Å². The van der Waals surface area contributed by atoms with E-state index in [1.807, 2.05) is 24.3 Å². The van der Waals surface area contributed by atoms with Crippen molar-refractivity contribution in [3.05, 3.63) is 58.8 Å². The molecule has 3 aromatic rings. The number of hydrogen-bond donors (Lipinski definition) is 1. The van der Waals surface area contributed by atoms with E-state index in [-0.39, 0.29) is 18.3 Å². The minimum absolute atomic E-state index is 0.0387. The lowest BCUT2D eigenvalue weighted by Gasteiger charge is -2.08. The van der Waals surface area contributed by atoms with E-state index in [2.05, 4.69) is 10.4 Å². The van der Waals surface area contributed by atoms with Gasteiger partial charge in [0.2, 0.25) is 5.91 Å². The molecule has 8 heteroatoms. The van der Waals surface area contributed by atoms with Crippen molar-refractivity contribution in [2.45, 2.75) is 13.0 Å². The zero-order chi connectivity index (χ0) is 17.6. The van der Waals surface area contributed by atoms with Gasteiger partial charge in [-0.1, -0.05) is 18.2 Å². The van der Waals surface area contributed by atoms with Gasteiger partial charge in [0.05, 0.1) is 13.4 Å². The molecule has 0 saturated heterocycles. The van der Waals surface area contributed by atoms with Crippen molar-refractivity contribution in [3.63, 3.8) is 0 Å². The Morgan fingerprint density at radius 1 is 1.28 bits per heavy atom. The molecule has 0 atom stereocenters. The molecule has 0 spiro atoms. The topological polar surface area (TPSA) is 99.5 Å². The number of nitrogens with zero attached hydrogens (tertiary/aromatic N) is 2. The molecule has 3 rings (SSSR count). The predicted octanol–water partition coefficient (Wildman–Crippen LogP) is 1.46. The van der Waals surface area contributed by atoms with Crippen LogP contribution in [0, 0.1) is 0 Å². The Kier molecular flexibility index (Phi) is 4.98. The molecule has 1 N–H and O–H groups in total. The maximum atomic E-state index is 12.0. The van der Waals surface area contributed by atoms with Crippen LogP contribution in [0.1, 0.15) is 5.56 Å². The number of furan rings is 1. The number of carbonyl (C=O) groups is 1. The van der Waals surface area contributed by atoms with Crippen molar-refractivity contribution in [2.75, 3.05) is 13.7 Å². The summed E-state index contributed by atoms with van der Waals surface area (Å²) in [6.07, 6.45) is 2.06. The molecule has 0 unspecified atom stereocenters. The van der Waals surface area contributed by atoms with Gasteiger partial charge < -0.3 is 18.9 Å². The quantitative estimate of drug-likeness (QED) is 0.697. The van der Waals surface area contributed by atoms with Gasteiger partial charge in [-0.3, -0.25) is 4.79 Å². The number of hydrogen-bond acceptors (Lipinski definition) is 6. The maximum Gasteiger partial charge on any atom is 0.437 e. The van der Waals surface area contributed by atoms with E-state index in [0.717, 1.165) is 16.0 Å². The van der Waals surface area contributed by atoms with Crippen molar-refractivity contribution in [2.24, 2.45) is 0 Å². The zero-order valence-corrected chi connectivity index (χ0v) is 13.6. The summed E-state index contributed by atoms with van der Waals surface area (Å²) in [4.78, 5) is 23.7. The number of carbonyl (C=O) groups excluding carboxylic acids is 1. The van der Waals surface area contributed by atoms with Gasteiger partial charge in [0.1, 0.15) is 12.3 Å². The Morgan fingerprint density at radius 2 is 2.12 bits per heavy atom. The fourth-order valence-electron chi connectivity index (χ4n) is 2.34. The van der Waals surface area contributed by atoms with Gasteiger partial charge in [-0.05, 0) is 30.2 Å². The van der Waals surface area contributed by atoms with Crippen LogP contribution in [-0.4, -0.2) is 29.3 Å². The Morgan fingerprint density at radius 3 is 2.88 bits per heavy atom. The first kappa shape index (κ1) is 16.6. The molecule has 1 aromatic carbocycles. The Hall–Kier alpha value is -3.29. The number of nitrogens with one attached hydrogen (secondary N) is 1. The minimum atomic E-state index is -0.716. The van der Waals surface area contributed by atoms with Gasteiger partial charge in [0, 0.05) is 6.54 Å². The summed E-state index contributed by atoms with van der Waals surface area (Å²) >= 11 is 0. The number of aromatic nitrogens is 2. The summed E-state index contributed by atoms with van der Waals surface area (Å²) in [6.45, 7) is 0.186. The van der Waals surface area contributed by atoms with E-state index in [4.69, 9.17) is 13.6 Å². The summed E-state index contributed by atoms with van der Waals surface area (Å²) in [5.41, 5.74) is 0.990. The summed E-state index contributed by atoms with van der Waals surface area (Å²) < 4.78 is 16.3. The van der Waals surface area contributed by atoms with Crippen LogP contribution >= 0.6 is 0 Å². The third-order valence-corrected chi connectivity index (χ3v) is 3.54. The van der Waals surface area contributed by atoms with Gasteiger partial charge in [-0.25, -0.2) is 4.79 Å². The lowest BCUT2D eigenvalue weighted by molar-refractivity contribution is -0.121. The number of amides is 1. The van der Waals surface area contributed by atoms with Crippen molar-refractivity contribution in [1.82, 2.24) is 15.1 Å². The summed E-state index contributed by atoms with van der Waals surface area (Å²) in [5.74, 6) is 0.0828. The van der Waals surface area contributed by atoms with E-state index in [1.165, 1.54) is 6.26 Å². The summed E-state index contributed by atoms with van der Waals surface area (Å²) in [5, 5.41) is 6.69. The van der Waals surface area contributed by atoms with E-state index < -0.39 is 5.76 Å². The molecular formula is C17H17N3O5. The van der Waals surface area contributed by atoms with E-state index in [9.17, 15) is 9.59 Å². The van der Waals surface area contributed by atoms with E-state index >= 15 is 0 Å². The highest BCUT2D eigenvalue weighted by molar-refractivity contribution is 5.75. The van der Waals surface area contributed by atoms with Gasteiger partial charge >= 0.3 is 5.76 Å². The molecule has 2 aromatic heterocycles. The lowest BCUT2D eigenvalue weighted by Crippen LogP contribution is -2.32. The first-order chi connectivity index (χ1) is 12.2. The van der Waals surface area contributed by atoms with E-state index in [0.29, 0.717) is 18.7 Å². The first-order valence-corrected chi connectivity index (χ1v) is 7.68. The highest BCUT2D eigenvalue weighted by atomic mass is 16.5. The normalized spacial score (nSPS) is 10.6. The standard InChI is InChI=1S/C17H17N3O5/c1-23-13-6-3-2-5-12(13)8-9-18-15(21)11-20-17(22)25-16(19-20)14-7-4-10-24-14/h2-7,10H,8-9,11H2,1H3,(H,18,21). The predicted molar refractivity (Wildman–Crippen MR) is 88.2 cm³/mol. The van der Waals surface area contributed by atoms with Crippen LogP contribution in [-0.2, 0) is 17.8 Å². The highest BCUT2D eigenvalue weighted by Crippen LogP contribution is 2.17. The van der Waals surface area contributed by atoms with Gasteiger partial charge in [0.25, 0.3) is 5.89 Å². The van der Waals surface area contributed by atoms with Crippen LogP contribution in [0.25, 0.3) is 11.7 Å². The molecule has 130 valence electrons. The Balaban J connectivity index is 1.55. The Labute approximate surface area is 143 Å². The van der Waals surface area contributed by atoms with Crippen molar-refractivity contribution in [1.29, 1.82) is 0 Å². The molecule has 0 saturated carbocycles. The molecule has 1 amide bonds. The minimum Gasteiger partial charge on any atom is -0.496 e. The molecule has 0 aliphatic carbocycles. The van der Waals surface area contributed by atoms with Crippen molar-refractivity contribution < 1.29 is 18.4 Å². The van der Waals surface area contributed by atoms with Crippen LogP contribution < -0.4 is 15.8 Å². The zero-order valence-electron chi connectivity index (χ0n) is 13.6. The fraction of sp³-hybridized carbons (Fsp3) is 0.235. The number of methoxy groups -OCH3 is 1. The molecule has 0 aliphatic rings. The number of para-hydroxylation sites is 1. The smallest absolute Gasteiger partial charge is 0.437 e. The second-order valence-electron chi connectivity index (χ2n) is 5.22. The molecule has 2 heterocycles. The van der Waals surface area contributed by atoms with Crippen LogP contribution in [0.4, 0.5) is 0 Å². The molecule has 0 fully saturated rings. The molecule has 25 heavy (non-hydrogen) atoms. The summed E-state index contributed by atoms with van der Waals surface area (Å²) in [6, 6.07) is 10.9. The highest BCUT2D eigenvalue weighted by Gasteiger charge is 2.14. The second-order valence-corrected chi connectivity index (χ2v) is 5.22. The van der Waals surface area contributed by atoms with Crippen molar-refractivity contribution in [3.8, 4) is 17.4 Å². The van der Waals surface area contributed by atoms with Crippen LogP contribution in [0.5, 0.6) is 5.75 Å². The molecule has 0 radical (unpaired) electrons. The maximum absolute atomic E-state index is 12.0. The van der Waals surface area contributed by atoms with Gasteiger partial charge in [-0.15, -0.1) is 5.10 Å². The van der Waals surface area contributed by atoms with Crippen molar-refractivity contribution >= 4 is 5.91 Å². The van der Waals surface area contributed by atoms with E-state index in [1.54, 1.807) is 19.2 Å². The van der Waals surface area contributed by atoms with Crippen LogP contribution in [0.15, 0.2) is 56.3 Å². The van der Waals surface area contributed by atoms with Crippen LogP contribution in [0.3, 0.4) is 0 Å². The Bertz CT molecular complexity index is 895. The average Bonchev–Trinajstić information content (AvgIpc) is 3.26. The third-order valence-electron chi connectivity index (χ3n) is 3.54. The second kappa shape index (κ2) is 7.52. The van der Waals surface area contributed by atoms with Gasteiger partial charge in [-0.2, -0.15) is 4.68 Å². The summed E-state index contributed by atoms with van der Waals surface area (Å²) in [7, 11) is 1.60. The fourth-order valence-corrected chi connectivity index (χ4v) is 2.34. The molecule has 8 nitrogen and oxygen atoms in total. The monoisotopic (exact) mass is 343 g/mol. The number of benzene rings is 1. The first-order valence-electron chi connectivity index (χ1n) is 7.68. The lowest BCUT2D eigenvalue weighted by atomic mass is 10.1. The molecule has 0 aliphatic heterocycles. The van der Waals surface area contributed by atoms with Gasteiger partial charge in [0.15, 0.2) is 5.76 Å². The third kappa shape index (κ3) is 3.97. The average molecular weight is 343 g/mol. The molecular weight excluding hydrogens is 326 g/mol. The molecule has 0 bridgehead atoms. The number of rotatable bonds is 7. The largest absolute Gasteiger partial charge is 0.496 e.